The van der Waals surface area contributed by atoms with Crippen LogP contribution in [0.2, 0.25) is 18.1 Å². The first-order chi connectivity index (χ1) is 7.67. The number of aliphatic hydroxyl groups excluding tert-OH is 1. The Morgan fingerprint density at radius 2 is 1.82 bits per heavy atom. The zero-order valence-electron chi connectivity index (χ0n) is 11.8. The van der Waals surface area contributed by atoms with Gasteiger partial charge in [-0.1, -0.05) is 38.5 Å². The smallest absolute Gasteiger partial charge is 0.250 e. The molecule has 0 heterocycles. The van der Waals surface area contributed by atoms with Crippen LogP contribution in [0.4, 0.5) is 0 Å². The average molecular weight is 252 g/mol. The molecule has 1 rings (SSSR count). The van der Waals surface area contributed by atoms with E-state index in [0.29, 0.717) is 0 Å². The Morgan fingerprint density at radius 3 is 2.29 bits per heavy atom. The summed E-state index contributed by atoms with van der Waals surface area (Å²) >= 11 is 0. The predicted molar refractivity (Wildman–Crippen MR) is 74.9 cm³/mol. The van der Waals surface area contributed by atoms with Gasteiger partial charge in [0.05, 0.1) is 6.61 Å². The lowest BCUT2D eigenvalue weighted by Crippen LogP contribution is -2.44. The minimum absolute atomic E-state index is 0.0334. The van der Waals surface area contributed by atoms with Crippen LogP contribution in [0.15, 0.2) is 18.2 Å². The summed E-state index contributed by atoms with van der Waals surface area (Å²) in [5.74, 6) is 0.838. The molecule has 1 N–H and O–H groups in total. The zero-order valence-corrected chi connectivity index (χ0v) is 12.8. The maximum Gasteiger partial charge on any atom is 0.250 e. The van der Waals surface area contributed by atoms with Gasteiger partial charge in [0.2, 0.25) is 8.32 Å². The van der Waals surface area contributed by atoms with Crippen LogP contribution in [0.25, 0.3) is 0 Å². The molecule has 0 amide bonds. The lowest BCUT2D eigenvalue weighted by Gasteiger charge is -2.37. The van der Waals surface area contributed by atoms with Crippen LogP contribution in [-0.4, -0.2) is 13.4 Å². The largest absolute Gasteiger partial charge is 0.543 e. The third-order valence-corrected chi connectivity index (χ3v) is 7.90. The van der Waals surface area contributed by atoms with E-state index < -0.39 is 8.32 Å². The first kappa shape index (κ1) is 14.3. The second-order valence-corrected chi connectivity index (χ2v) is 10.9. The van der Waals surface area contributed by atoms with E-state index in [0.717, 1.165) is 16.9 Å². The first-order valence-corrected chi connectivity index (χ1v) is 8.97. The fourth-order valence-electron chi connectivity index (χ4n) is 1.36. The normalized spacial score (nSPS) is 12.6. The van der Waals surface area contributed by atoms with E-state index in [-0.39, 0.29) is 11.6 Å². The third kappa shape index (κ3) is 3.33. The molecule has 0 saturated carbocycles. The molecule has 0 aliphatic rings. The molecular weight excluding hydrogens is 228 g/mol. The first-order valence-electron chi connectivity index (χ1n) is 6.07. The molecule has 0 atom stereocenters. The molecule has 3 heteroatoms. The van der Waals surface area contributed by atoms with Crippen molar-refractivity contribution in [3.8, 4) is 5.75 Å². The summed E-state index contributed by atoms with van der Waals surface area (Å²) in [6.07, 6.45) is 0. The monoisotopic (exact) mass is 252 g/mol. The van der Waals surface area contributed by atoms with E-state index in [1.807, 2.05) is 25.1 Å². The van der Waals surface area contributed by atoms with Crippen molar-refractivity contribution in [3.05, 3.63) is 29.3 Å². The third-order valence-electron chi connectivity index (χ3n) is 3.56. The van der Waals surface area contributed by atoms with Gasteiger partial charge in [-0.05, 0) is 31.1 Å². The quantitative estimate of drug-likeness (QED) is 0.827. The van der Waals surface area contributed by atoms with Gasteiger partial charge in [0.1, 0.15) is 5.75 Å². The SMILES string of the molecule is Cc1ccc(O[Si](C)(C)C(C)(C)C)c(CO)c1. The van der Waals surface area contributed by atoms with Gasteiger partial charge in [-0.3, -0.25) is 0 Å². The molecule has 1 aromatic carbocycles. The van der Waals surface area contributed by atoms with E-state index in [1.165, 1.54) is 0 Å². The van der Waals surface area contributed by atoms with Gasteiger partial charge in [-0.25, -0.2) is 0 Å². The summed E-state index contributed by atoms with van der Waals surface area (Å²) in [5.41, 5.74) is 2.03. The van der Waals surface area contributed by atoms with Crippen LogP contribution in [0.5, 0.6) is 5.75 Å². The van der Waals surface area contributed by atoms with E-state index in [1.54, 1.807) is 0 Å². The summed E-state index contributed by atoms with van der Waals surface area (Å²) in [6.45, 7) is 13.1. The molecule has 0 saturated heterocycles. The van der Waals surface area contributed by atoms with E-state index >= 15 is 0 Å². The minimum Gasteiger partial charge on any atom is -0.543 e. The molecule has 96 valence electrons. The van der Waals surface area contributed by atoms with Crippen LogP contribution in [0.3, 0.4) is 0 Å². The second kappa shape index (κ2) is 4.82. The molecule has 0 unspecified atom stereocenters. The van der Waals surface area contributed by atoms with Gasteiger partial charge in [0, 0.05) is 5.56 Å². The highest BCUT2D eigenvalue weighted by atomic mass is 28.4. The van der Waals surface area contributed by atoms with Gasteiger partial charge in [0.15, 0.2) is 0 Å². The molecule has 2 nitrogen and oxygen atoms in total. The number of rotatable bonds is 3. The van der Waals surface area contributed by atoms with Crippen LogP contribution in [0.1, 0.15) is 31.9 Å². The minimum atomic E-state index is -1.82. The summed E-state index contributed by atoms with van der Waals surface area (Å²) in [4.78, 5) is 0. The fraction of sp³-hybridized carbons (Fsp3) is 0.571. The summed E-state index contributed by atoms with van der Waals surface area (Å²) in [6, 6.07) is 5.99. The maximum absolute atomic E-state index is 9.38. The lowest BCUT2D eigenvalue weighted by atomic mass is 10.1. The maximum atomic E-state index is 9.38. The van der Waals surface area contributed by atoms with Crippen molar-refractivity contribution in [2.75, 3.05) is 0 Å². The van der Waals surface area contributed by atoms with Crippen molar-refractivity contribution in [2.45, 2.75) is 52.4 Å². The number of aliphatic hydroxyl groups is 1. The Balaban J connectivity index is 3.03. The Labute approximate surface area is 106 Å². The van der Waals surface area contributed by atoms with Gasteiger partial charge >= 0.3 is 0 Å². The Hall–Kier alpha value is -0.803. The van der Waals surface area contributed by atoms with Crippen LogP contribution in [0, 0.1) is 6.92 Å². The average Bonchev–Trinajstić information content (AvgIpc) is 2.18. The fourth-order valence-corrected chi connectivity index (χ4v) is 2.41. The molecule has 0 fully saturated rings. The molecule has 0 radical (unpaired) electrons. The van der Waals surface area contributed by atoms with Crippen LogP contribution < -0.4 is 4.43 Å². The van der Waals surface area contributed by atoms with Crippen molar-refractivity contribution < 1.29 is 9.53 Å². The number of aryl methyl sites for hydroxylation is 1. The molecule has 0 aliphatic heterocycles. The molecule has 0 aromatic heterocycles. The molecular formula is C14H24O2Si. The standard InChI is InChI=1S/C14H24O2Si/c1-11-7-8-13(12(9-11)10-15)16-17(5,6)14(2,3)4/h7-9,15H,10H2,1-6H3. The predicted octanol–water partition coefficient (Wildman–Crippen LogP) is 3.87. The molecule has 17 heavy (non-hydrogen) atoms. The highest BCUT2D eigenvalue weighted by Crippen LogP contribution is 2.38. The van der Waals surface area contributed by atoms with Gasteiger partial charge in [0.25, 0.3) is 0 Å². The summed E-state index contributed by atoms with van der Waals surface area (Å²) < 4.78 is 6.22. The Kier molecular flexibility index (Phi) is 4.05. The van der Waals surface area contributed by atoms with Crippen LogP contribution >= 0.6 is 0 Å². The zero-order chi connectivity index (χ0) is 13.3. The van der Waals surface area contributed by atoms with E-state index in [9.17, 15) is 5.11 Å². The highest BCUT2D eigenvalue weighted by Gasteiger charge is 2.39. The van der Waals surface area contributed by atoms with E-state index in [2.05, 4.69) is 33.9 Å². The molecule has 0 spiro atoms. The van der Waals surface area contributed by atoms with Crippen LogP contribution in [-0.2, 0) is 6.61 Å². The summed E-state index contributed by atoms with van der Waals surface area (Å²) in [7, 11) is -1.82. The van der Waals surface area contributed by atoms with E-state index in [4.69, 9.17) is 4.43 Å². The van der Waals surface area contributed by atoms with Gasteiger partial charge in [-0.15, -0.1) is 0 Å². The number of hydrogen-bond donors (Lipinski definition) is 1. The summed E-state index contributed by atoms with van der Waals surface area (Å²) in [5, 5.41) is 9.55. The number of benzene rings is 1. The number of hydrogen-bond acceptors (Lipinski definition) is 2. The van der Waals surface area contributed by atoms with Crippen molar-refractivity contribution >= 4 is 8.32 Å². The van der Waals surface area contributed by atoms with Crippen molar-refractivity contribution in [1.82, 2.24) is 0 Å². The molecule has 1 aromatic rings. The van der Waals surface area contributed by atoms with Crippen molar-refractivity contribution in [2.24, 2.45) is 0 Å². The Morgan fingerprint density at radius 1 is 1.24 bits per heavy atom. The van der Waals surface area contributed by atoms with Crippen molar-refractivity contribution in [3.63, 3.8) is 0 Å². The molecule has 0 aliphatic carbocycles. The topological polar surface area (TPSA) is 29.5 Å². The van der Waals surface area contributed by atoms with Gasteiger partial charge in [-0.2, -0.15) is 0 Å². The highest BCUT2D eigenvalue weighted by molar-refractivity contribution is 6.74. The Bertz CT molecular complexity index is 392. The van der Waals surface area contributed by atoms with Gasteiger partial charge < -0.3 is 9.53 Å². The lowest BCUT2D eigenvalue weighted by molar-refractivity contribution is 0.277. The molecule has 0 bridgehead atoms. The van der Waals surface area contributed by atoms with Crippen molar-refractivity contribution in [1.29, 1.82) is 0 Å². The second-order valence-electron chi connectivity index (χ2n) is 6.13.